The highest BCUT2D eigenvalue weighted by Gasteiger charge is 2.05. The van der Waals surface area contributed by atoms with Crippen molar-refractivity contribution in [1.29, 1.82) is 0 Å². The van der Waals surface area contributed by atoms with Gasteiger partial charge in [-0.1, -0.05) is 23.7 Å². The predicted molar refractivity (Wildman–Crippen MR) is 61.7 cm³/mol. The van der Waals surface area contributed by atoms with Crippen molar-refractivity contribution in [1.82, 2.24) is 0 Å². The number of nitrogens with zero attached hydrogens (tertiary/aromatic N) is 1. The van der Waals surface area contributed by atoms with Gasteiger partial charge >= 0.3 is 0 Å². The summed E-state index contributed by atoms with van der Waals surface area (Å²) in [5, 5.41) is 13.9. The van der Waals surface area contributed by atoms with Gasteiger partial charge in [-0.3, -0.25) is 0 Å². The Labute approximate surface area is 94.3 Å². The van der Waals surface area contributed by atoms with E-state index in [0.29, 0.717) is 17.2 Å². The molecular formula is C11H14ClNO2. The molecule has 0 aromatic heterocycles. The maximum Gasteiger partial charge on any atom is 0.124 e. The summed E-state index contributed by atoms with van der Waals surface area (Å²) in [7, 11) is 0. The van der Waals surface area contributed by atoms with E-state index >= 15 is 0 Å². The van der Waals surface area contributed by atoms with Crippen molar-refractivity contribution in [2.24, 2.45) is 5.16 Å². The van der Waals surface area contributed by atoms with Gasteiger partial charge in [-0.05, 0) is 31.0 Å². The number of halogens is 1. The third-order valence-electron chi connectivity index (χ3n) is 1.98. The molecule has 0 amide bonds. The molecule has 0 saturated heterocycles. The van der Waals surface area contributed by atoms with Gasteiger partial charge in [0, 0.05) is 10.6 Å². The molecule has 0 heterocycles. The van der Waals surface area contributed by atoms with Gasteiger partial charge in [0.1, 0.15) is 12.4 Å². The van der Waals surface area contributed by atoms with E-state index in [4.69, 9.17) is 16.4 Å². The van der Waals surface area contributed by atoms with Crippen LogP contribution in [-0.2, 0) is 4.84 Å². The lowest BCUT2D eigenvalue weighted by molar-refractivity contribution is 0.146. The van der Waals surface area contributed by atoms with E-state index < -0.39 is 0 Å². The second-order valence-corrected chi connectivity index (χ2v) is 3.58. The van der Waals surface area contributed by atoms with Crippen LogP contribution in [0.4, 0.5) is 0 Å². The molecule has 0 saturated carbocycles. The smallest absolute Gasteiger partial charge is 0.124 e. The van der Waals surface area contributed by atoms with Gasteiger partial charge in [-0.15, -0.1) is 0 Å². The van der Waals surface area contributed by atoms with Crippen LogP contribution < -0.4 is 0 Å². The van der Waals surface area contributed by atoms with Crippen molar-refractivity contribution >= 4 is 17.8 Å². The number of oxime groups is 1. The highest BCUT2D eigenvalue weighted by molar-refractivity contribution is 6.31. The van der Waals surface area contributed by atoms with E-state index in [1.807, 2.05) is 13.8 Å². The first-order valence-corrected chi connectivity index (χ1v) is 5.18. The normalized spacial score (nSPS) is 10.9. The van der Waals surface area contributed by atoms with Gasteiger partial charge in [0.15, 0.2) is 0 Å². The average Bonchev–Trinajstić information content (AvgIpc) is 2.23. The molecular weight excluding hydrogens is 214 g/mol. The lowest BCUT2D eigenvalue weighted by atomic mass is 10.1. The van der Waals surface area contributed by atoms with Gasteiger partial charge in [-0.25, -0.2) is 0 Å². The zero-order valence-electron chi connectivity index (χ0n) is 8.83. The van der Waals surface area contributed by atoms with E-state index in [1.54, 1.807) is 6.07 Å². The molecule has 0 bridgehead atoms. The molecule has 0 aliphatic rings. The molecule has 0 aliphatic heterocycles. The summed E-state index contributed by atoms with van der Waals surface area (Å²) in [4.78, 5) is 4.95. The molecule has 0 radical (unpaired) electrons. The topological polar surface area (TPSA) is 41.8 Å². The van der Waals surface area contributed by atoms with Gasteiger partial charge in [0.25, 0.3) is 0 Å². The Morgan fingerprint density at radius 2 is 2.27 bits per heavy atom. The maximum atomic E-state index is 9.57. The van der Waals surface area contributed by atoms with E-state index in [9.17, 15) is 5.11 Å². The van der Waals surface area contributed by atoms with Crippen LogP contribution in [-0.4, -0.2) is 17.9 Å². The van der Waals surface area contributed by atoms with Crippen molar-refractivity contribution in [3.05, 3.63) is 28.3 Å². The minimum atomic E-state index is 0.153. The van der Waals surface area contributed by atoms with Crippen molar-refractivity contribution in [2.75, 3.05) is 6.61 Å². The molecule has 1 aromatic carbocycles. The molecule has 1 rings (SSSR count). The van der Waals surface area contributed by atoms with Gasteiger partial charge < -0.3 is 9.94 Å². The van der Waals surface area contributed by atoms with Crippen LogP contribution in [0.25, 0.3) is 0 Å². The Morgan fingerprint density at radius 1 is 1.53 bits per heavy atom. The predicted octanol–water partition coefficient (Wildman–Crippen LogP) is 3.11. The van der Waals surface area contributed by atoms with Crippen LogP contribution in [0.15, 0.2) is 17.3 Å². The summed E-state index contributed by atoms with van der Waals surface area (Å²) >= 11 is 5.91. The van der Waals surface area contributed by atoms with E-state index in [0.717, 1.165) is 12.0 Å². The Kier molecular flexibility index (Phi) is 4.43. The number of aromatic hydroxyl groups is 1. The first-order chi connectivity index (χ1) is 7.16. The van der Waals surface area contributed by atoms with Crippen LogP contribution in [0.2, 0.25) is 5.02 Å². The van der Waals surface area contributed by atoms with E-state index in [-0.39, 0.29) is 5.75 Å². The fraction of sp³-hybridized carbons (Fsp3) is 0.364. The molecule has 3 nitrogen and oxygen atoms in total. The molecule has 1 N–H and O–H groups in total. The number of rotatable bonds is 4. The SMILES string of the molecule is CCCO/N=C/c1c(O)ccc(Cl)c1C. The lowest BCUT2D eigenvalue weighted by Gasteiger charge is -2.04. The third-order valence-corrected chi connectivity index (χ3v) is 2.39. The highest BCUT2D eigenvalue weighted by Crippen LogP contribution is 2.25. The van der Waals surface area contributed by atoms with E-state index in [2.05, 4.69) is 5.16 Å². The molecule has 0 aliphatic carbocycles. The summed E-state index contributed by atoms with van der Waals surface area (Å²) in [5.41, 5.74) is 1.39. The van der Waals surface area contributed by atoms with Gasteiger partial charge in [-0.2, -0.15) is 0 Å². The van der Waals surface area contributed by atoms with Crippen LogP contribution in [0.5, 0.6) is 5.75 Å². The Bertz CT molecular complexity index is 364. The fourth-order valence-corrected chi connectivity index (χ4v) is 1.25. The minimum absolute atomic E-state index is 0.153. The number of hydrogen-bond donors (Lipinski definition) is 1. The molecule has 0 atom stereocenters. The fourth-order valence-electron chi connectivity index (χ4n) is 1.08. The highest BCUT2D eigenvalue weighted by atomic mass is 35.5. The molecule has 82 valence electrons. The van der Waals surface area contributed by atoms with Gasteiger partial charge in [0.05, 0.1) is 6.21 Å². The Hall–Kier alpha value is -1.22. The van der Waals surface area contributed by atoms with Crippen LogP contribution in [0, 0.1) is 6.92 Å². The molecule has 1 aromatic rings. The average molecular weight is 228 g/mol. The summed E-state index contributed by atoms with van der Waals surface area (Å²) in [6, 6.07) is 3.19. The second kappa shape index (κ2) is 5.61. The maximum absolute atomic E-state index is 9.57. The Morgan fingerprint density at radius 3 is 2.93 bits per heavy atom. The number of hydrogen-bond acceptors (Lipinski definition) is 3. The van der Waals surface area contributed by atoms with Crippen LogP contribution in [0.1, 0.15) is 24.5 Å². The van der Waals surface area contributed by atoms with Crippen LogP contribution >= 0.6 is 11.6 Å². The molecule has 4 heteroatoms. The second-order valence-electron chi connectivity index (χ2n) is 3.17. The van der Waals surface area contributed by atoms with Crippen LogP contribution in [0.3, 0.4) is 0 Å². The summed E-state index contributed by atoms with van der Waals surface area (Å²) in [6.07, 6.45) is 2.38. The first kappa shape index (κ1) is 11.9. The molecule has 0 fully saturated rings. The molecule has 0 unspecified atom stereocenters. The first-order valence-electron chi connectivity index (χ1n) is 4.80. The van der Waals surface area contributed by atoms with Crippen molar-refractivity contribution < 1.29 is 9.94 Å². The number of benzene rings is 1. The lowest BCUT2D eigenvalue weighted by Crippen LogP contribution is -1.91. The summed E-state index contributed by atoms with van der Waals surface area (Å²) in [6.45, 7) is 4.39. The number of phenolic OH excluding ortho intramolecular Hbond substituents is 1. The monoisotopic (exact) mass is 227 g/mol. The van der Waals surface area contributed by atoms with Crippen molar-refractivity contribution in [3.63, 3.8) is 0 Å². The standard InChI is InChI=1S/C11H14ClNO2/c1-3-6-15-13-7-9-8(2)10(12)4-5-11(9)14/h4-5,7,14H,3,6H2,1-2H3/b13-7+. The quantitative estimate of drug-likeness (QED) is 0.488. The molecule has 0 spiro atoms. The zero-order chi connectivity index (χ0) is 11.3. The van der Waals surface area contributed by atoms with Gasteiger partial charge in [0.2, 0.25) is 0 Å². The summed E-state index contributed by atoms with van der Waals surface area (Å²) in [5.74, 6) is 0.153. The third kappa shape index (κ3) is 3.13. The van der Waals surface area contributed by atoms with E-state index in [1.165, 1.54) is 12.3 Å². The molecule has 15 heavy (non-hydrogen) atoms. The minimum Gasteiger partial charge on any atom is -0.507 e. The Balaban J connectivity index is 2.84. The van der Waals surface area contributed by atoms with Crippen molar-refractivity contribution in [2.45, 2.75) is 20.3 Å². The number of phenols is 1. The zero-order valence-corrected chi connectivity index (χ0v) is 9.58. The largest absolute Gasteiger partial charge is 0.507 e. The van der Waals surface area contributed by atoms with Crippen molar-refractivity contribution in [3.8, 4) is 5.75 Å². The summed E-state index contributed by atoms with van der Waals surface area (Å²) < 4.78 is 0.